The third-order valence-electron chi connectivity index (χ3n) is 3.77. The van der Waals surface area contributed by atoms with Gasteiger partial charge in [-0.05, 0) is 37.4 Å². The molecule has 1 aromatic rings. The molecule has 0 saturated heterocycles. The normalized spacial score (nSPS) is 16.3. The molecule has 0 amide bonds. The Kier molecular flexibility index (Phi) is 5.45. The van der Waals surface area contributed by atoms with Crippen molar-refractivity contribution in [3.05, 3.63) is 34.6 Å². The summed E-state index contributed by atoms with van der Waals surface area (Å²) >= 11 is 5.71. The van der Waals surface area contributed by atoms with E-state index in [-0.39, 0.29) is 5.82 Å². The molecule has 1 fully saturated rings. The van der Waals surface area contributed by atoms with Gasteiger partial charge in [0.25, 0.3) is 0 Å². The molecule has 1 nitrogen and oxygen atoms in total. The van der Waals surface area contributed by atoms with Crippen molar-refractivity contribution in [2.75, 3.05) is 6.54 Å². The molecule has 0 aromatic heterocycles. The molecule has 0 unspecified atom stereocenters. The van der Waals surface area contributed by atoms with Crippen LogP contribution in [0.15, 0.2) is 18.2 Å². The highest BCUT2D eigenvalue weighted by Gasteiger charge is 2.13. The highest BCUT2D eigenvalue weighted by Crippen LogP contribution is 2.28. The molecule has 0 bridgehead atoms. The van der Waals surface area contributed by atoms with Crippen molar-refractivity contribution in [2.24, 2.45) is 5.92 Å². The lowest BCUT2D eigenvalue weighted by Crippen LogP contribution is -2.16. The van der Waals surface area contributed by atoms with Crippen LogP contribution in [0.25, 0.3) is 0 Å². The summed E-state index contributed by atoms with van der Waals surface area (Å²) in [5, 5.41) is 3.76. The second kappa shape index (κ2) is 7.10. The Labute approximate surface area is 114 Å². The molecule has 100 valence electrons. The first kappa shape index (κ1) is 13.8. The Morgan fingerprint density at radius 1 is 1.28 bits per heavy atom. The molecule has 1 aliphatic carbocycles. The van der Waals surface area contributed by atoms with Crippen molar-refractivity contribution in [1.82, 2.24) is 5.32 Å². The van der Waals surface area contributed by atoms with Gasteiger partial charge in [0.1, 0.15) is 5.82 Å². The lowest BCUT2D eigenvalue weighted by Gasteiger charge is -2.09. The summed E-state index contributed by atoms with van der Waals surface area (Å²) in [4.78, 5) is 0. The van der Waals surface area contributed by atoms with E-state index in [1.165, 1.54) is 44.6 Å². The van der Waals surface area contributed by atoms with E-state index in [1.54, 1.807) is 12.1 Å². The second-order valence-corrected chi connectivity index (χ2v) is 5.64. The molecule has 1 N–H and O–H groups in total. The summed E-state index contributed by atoms with van der Waals surface area (Å²) in [6.45, 7) is 1.56. The monoisotopic (exact) mass is 269 g/mol. The molecule has 3 heteroatoms. The van der Waals surface area contributed by atoms with Gasteiger partial charge in [-0.3, -0.25) is 0 Å². The van der Waals surface area contributed by atoms with E-state index in [1.807, 2.05) is 0 Å². The Balaban J connectivity index is 1.62. The maximum atomic E-state index is 13.5. The van der Waals surface area contributed by atoms with Crippen molar-refractivity contribution in [3.8, 4) is 0 Å². The number of nitrogens with one attached hydrogen (secondary N) is 1. The number of benzene rings is 1. The Bertz CT molecular complexity index is 375. The topological polar surface area (TPSA) is 12.0 Å². The largest absolute Gasteiger partial charge is 0.313 e. The predicted molar refractivity (Wildman–Crippen MR) is 74.3 cm³/mol. The van der Waals surface area contributed by atoms with Crippen molar-refractivity contribution in [2.45, 2.75) is 45.1 Å². The van der Waals surface area contributed by atoms with Gasteiger partial charge in [0, 0.05) is 17.1 Å². The summed E-state index contributed by atoms with van der Waals surface area (Å²) in [7, 11) is 0. The molecule has 1 aliphatic rings. The number of hydrogen-bond donors (Lipinski definition) is 1. The van der Waals surface area contributed by atoms with Crippen LogP contribution < -0.4 is 5.32 Å². The Morgan fingerprint density at radius 2 is 2.06 bits per heavy atom. The van der Waals surface area contributed by atoms with Gasteiger partial charge in [-0.2, -0.15) is 0 Å². The maximum Gasteiger partial charge on any atom is 0.129 e. The summed E-state index contributed by atoms with van der Waals surface area (Å²) in [5.41, 5.74) is 0.695. The van der Waals surface area contributed by atoms with Crippen molar-refractivity contribution >= 4 is 11.6 Å². The molecule has 0 atom stereocenters. The summed E-state index contributed by atoms with van der Waals surface area (Å²) in [5.74, 6) is 0.727. The minimum atomic E-state index is -0.217. The van der Waals surface area contributed by atoms with E-state index in [4.69, 9.17) is 11.6 Å². The van der Waals surface area contributed by atoms with Crippen molar-refractivity contribution < 1.29 is 4.39 Å². The molecular weight excluding hydrogens is 249 g/mol. The molecule has 0 spiro atoms. The fraction of sp³-hybridized carbons (Fsp3) is 0.600. The molecule has 0 aliphatic heterocycles. The number of hydrogen-bond acceptors (Lipinski definition) is 1. The minimum Gasteiger partial charge on any atom is -0.313 e. The van der Waals surface area contributed by atoms with Gasteiger partial charge < -0.3 is 5.32 Å². The zero-order chi connectivity index (χ0) is 12.8. The molecule has 2 rings (SSSR count). The highest BCUT2D eigenvalue weighted by molar-refractivity contribution is 6.30. The van der Waals surface area contributed by atoms with Crippen LogP contribution in [-0.4, -0.2) is 6.54 Å². The van der Waals surface area contributed by atoms with Gasteiger partial charge in [0.05, 0.1) is 0 Å². The standard InChI is InChI=1S/C15H21ClFN/c16-14-8-7-13(15(17)10-14)11-18-9-3-6-12-4-1-2-5-12/h7-8,10,12,18H,1-6,9,11H2. The quantitative estimate of drug-likeness (QED) is 0.748. The summed E-state index contributed by atoms with van der Waals surface area (Å²) in [6, 6.07) is 4.86. The fourth-order valence-electron chi connectivity index (χ4n) is 2.70. The summed E-state index contributed by atoms with van der Waals surface area (Å²) < 4.78 is 13.5. The van der Waals surface area contributed by atoms with Gasteiger partial charge in [-0.1, -0.05) is 43.4 Å². The lowest BCUT2D eigenvalue weighted by molar-refractivity contribution is 0.468. The van der Waals surface area contributed by atoms with Crippen LogP contribution in [0.4, 0.5) is 4.39 Å². The molecule has 0 heterocycles. The van der Waals surface area contributed by atoms with Crippen LogP contribution in [0.1, 0.15) is 44.1 Å². The van der Waals surface area contributed by atoms with Crippen LogP contribution in [0.2, 0.25) is 5.02 Å². The first-order valence-electron chi connectivity index (χ1n) is 6.90. The van der Waals surface area contributed by atoms with Crippen LogP contribution in [0, 0.1) is 11.7 Å². The predicted octanol–water partition coefficient (Wildman–Crippen LogP) is 4.54. The zero-order valence-electron chi connectivity index (χ0n) is 10.7. The van der Waals surface area contributed by atoms with E-state index >= 15 is 0 Å². The Hall–Kier alpha value is -0.600. The van der Waals surface area contributed by atoms with E-state index in [0.717, 1.165) is 12.5 Å². The van der Waals surface area contributed by atoms with Gasteiger partial charge in [-0.25, -0.2) is 4.39 Å². The number of halogens is 2. The highest BCUT2D eigenvalue weighted by atomic mass is 35.5. The molecular formula is C15H21ClFN. The SMILES string of the molecule is Fc1cc(Cl)ccc1CNCCCC1CCCC1. The van der Waals surface area contributed by atoms with Gasteiger partial charge in [-0.15, -0.1) is 0 Å². The third-order valence-corrected chi connectivity index (χ3v) is 4.01. The second-order valence-electron chi connectivity index (χ2n) is 5.21. The average molecular weight is 270 g/mol. The maximum absolute atomic E-state index is 13.5. The molecule has 1 aromatic carbocycles. The average Bonchev–Trinajstić information content (AvgIpc) is 2.84. The van der Waals surface area contributed by atoms with E-state index < -0.39 is 0 Å². The van der Waals surface area contributed by atoms with Gasteiger partial charge in [0.15, 0.2) is 0 Å². The van der Waals surface area contributed by atoms with E-state index in [9.17, 15) is 4.39 Å². The molecule has 1 saturated carbocycles. The Morgan fingerprint density at radius 3 is 2.78 bits per heavy atom. The van der Waals surface area contributed by atoms with Crippen LogP contribution >= 0.6 is 11.6 Å². The molecule has 0 radical (unpaired) electrons. The first-order chi connectivity index (χ1) is 8.75. The molecule has 18 heavy (non-hydrogen) atoms. The first-order valence-corrected chi connectivity index (χ1v) is 7.28. The third kappa shape index (κ3) is 4.25. The number of rotatable bonds is 6. The van der Waals surface area contributed by atoms with Crippen molar-refractivity contribution in [3.63, 3.8) is 0 Å². The van der Waals surface area contributed by atoms with Crippen LogP contribution in [0.5, 0.6) is 0 Å². The van der Waals surface area contributed by atoms with Crippen LogP contribution in [-0.2, 0) is 6.54 Å². The smallest absolute Gasteiger partial charge is 0.129 e. The van der Waals surface area contributed by atoms with Gasteiger partial charge >= 0.3 is 0 Å². The van der Waals surface area contributed by atoms with Crippen molar-refractivity contribution in [1.29, 1.82) is 0 Å². The lowest BCUT2D eigenvalue weighted by atomic mass is 10.0. The van der Waals surface area contributed by atoms with E-state index in [2.05, 4.69) is 5.32 Å². The van der Waals surface area contributed by atoms with Gasteiger partial charge in [0.2, 0.25) is 0 Å². The minimum absolute atomic E-state index is 0.217. The zero-order valence-corrected chi connectivity index (χ0v) is 11.5. The van der Waals surface area contributed by atoms with Crippen LogP contribution in [0.3, 0.4) is 0 Å². The van der Waals surface area contributed by atoms with E-state index in [0.29, 0.717) is 17.1 Å². The summed E-state index contributed by atoms with van der Waals surface area (Å²) in [6.07, 6.45) is 8.15. The fourth-order valence-corrected chi connectivity index (χ4v) is 2.86.